The quantitative estimate of drug-likeness (QED) is 0.274. The fraction of sp³-hybridized carbons (Fsp3) is 0.148. The maximum absolute atomic E-state index is 12.9. The van der Waals surface area contributed by atoms with E-state index in [-0.39, 0.29) is 17.5 Å². The van der Waals surface area contributed by atoms with Crippen LogP contribution in [0.2, 0.25) is 0 Å². The molecule has 9 nitrogen and oxygen atoms in total. The van der Waals surface area contributed by atoms with Crippen LogP contribution in [-0.4, -0.2) is 26.5 Å². The Labute approximate surface area is 207 Å². The van der Waals surface area contributed by atoms with E-state index in [0.29, 0.717) is 40.4 Å². The third-order valence-electron chi connectivity index (χ3n) is 5.77. The highest BCUT2D eigenvalue weighted by molar-refractivity contribution is 6.12. The van der Waals surface area contributed by atoms with Crippen molar-refractivity contribution in [2.75, 3.05) is 10.6 Å². The lowest BCUT2D eigenvalue weighted by Gasteiger charge is -2.12. The average Bonchev–Trinajstić information content (AvgIpc) is 3.12. The van der Waals surface area contributed by atoms with Crippen molar-refractivity contribution in [2.24, 2.45) is 0 Å². The smallest absolute Gasteiger partial charge is 0.312 e. The minimum absolute atomic E-state index is 0.0103. The Morgan fingerprint density at radius 3 is 2.31 bits per heavy atom. The number of benzene rings is 3. The van der Waals surface area contributed by atoms with Crippen molar-refractivity contribution in [3.8, 4) is 0 Å². The number of aryl methyl sites for hydroxylation is 2. The van der Waals surface area contributed by atoms with Crippen LogP contribution in [-0.2, 0) is 6.54 Å². The molecule has 0 unspecified atom stereocenters. The van der Waals surface area contributed by atoms with Crippen molar-refractivity contribution in [1.82, 2.24) is 9.78 Å². The largest absolute Gasteiger partial charge is 0.322 e. The van der Waals surface area contributed by atoms with Crippen molar-refractivity contribution >= 4 is 28.9 Å². The van der Waals surface area contributed by atoms with Crippen molar-refractivity contribution in [3.63, 3.8) is 0 Å². The standard InChI is InChI=1S/C27H25N5O4/c1-17-7-6-8-22(15-17)28-27(34)23-9-4-5-10-24(23)29-26(33)21-13-11-20(12-14-21)16-31-19(3)25(32(35)36)18(2)30-31/h4-15H,16H2,1-3H3,(H,28,34)(H,29,33). The molecule has 36 heavy (non-hydrogen) atoms. The Morgan fingerprint density at radius 2 is 1.64 bits per heavy atom. The van der Waals surface area contributed by atoms with Gasteiger partial charge in [0.25, 0.3) is 11.8 Å². The van der Waals surface area contributed by atoms with E-state index in [1.807, 2.05) is 25.1 Å². The zero-order valence-electron chi connectivity index (χ0n) is 20.1. The summed E-state index contributed by atoms with van der Waals surface area (Å²) in [5, 5.41) is 21.2. The lowest BCUT2D eigenvalue weighted by molar-refractivity contribution is -0.386. The summed E-state index contributed by atoms with van der Waals surface area (Å²) in [5.74, 6) is -0.690. The SMILES string of the molecule is Cc1cccc(NC(=O)c2ccccc2NC(=O)c2ccc(Cn3nc(C)c([N+](=O)[O-])c3C)cc2)c1. The minimum Gasteiger partial charge on any atom is -0.322 e. The van der Waals surface area contributed by atoms with Gasteiger partial charge in [0.15, 0.2) is 0 Å². The average molecular weight is 484 g/mol. The summed E-state index contributed by atoms with van der Waals surface area (Å²) in [6.45, 7) is 5.54. The molecule has 0 fully saturated rings. The van der Waals surface area contributed by atoms with Crippen molar-refractivity contribution in [2.45, 2.75) is 27.3 Å². The number of carbonyl (C=O) groups excluding carboxylic acids is 2. The molecule has 182 valence electrons. The lowest BCUT2D eigenvalue weighted by Crippen LogP contribution is -2.18. The van der Waals surface area contributed by atoms with Gasteiger partial charge in [-0.25, -0.2) is 0 Å². The van der Waals surface area contributed by atoms with Crippen LogP contribution in [0.1, 0.15) is 43.2 Å². The number of amides is 2. The molecule has 1 heterocycles. The first kappa shape index (κ1) is 24.3. The van der Waals surface area contributed by atoms with E-state index in [1.165, 1.54) is 0 Å². The first-order chi connectivity index (χ1) is 17.2. The molecule has 0 bridgehead atoms. The molecule has 0 atom stereocenters. The minimum atomic E-state index is -0.430. The van der Waals surface area contributed by atoms with Gasteiger partial charge in [0.2, 0.25) is 0 Å². The summed E-state index contributed by atoms with van der Waals surface area (Å²) < 4.78 is 1.58. The number of para-hydroxylation sites is 1. The van der Waals surface area contributed by atoms with Gasteiger partial charge < -0.3 is 10.6 Å². The second kappa shape index (κ2) is 10.2. The number of nitrogens with zero attached hydrogens (tertiary/aromatic N) is 3. The normalized spacial score (nSPS) is 10.6. The topological polar surface area (TPSA) is 119 Å². The second-order valence-corrected chi connectivity index (χ2v) is 8.45. The number of hydrogen-bond acceptors (Lipinski definition) is 5. The Morgan fingerprint density at radius 1 is 0.917 bits per heavy atom. The third-order valence-corrected chi connectivity index (χ3v) is 5.77. The first-order valence-corrected chi connectivity index (χ1v) is 11.3. The van der Waals surface area contributed by atoms with Crippen LogP contribution >= 0.6 is 0 Å². The van der Waals surface area contributed by atoms with Crippen LogP contribution in [0.5, 0.6) is 0 Å². The molecular weight excluding hydrogens is 458 g/mol. The lowest BCUT2D eigenvalue weighted by atomic mass is 10.1. The van der Waals surface area contributed by atoms with E-state index in [1.54, 1.807) is 73.1 Å². The Hall–Kier alpha value is -4.79. The molecule has 0 aliphatic heterocycles. The molecule has 9 heteroatoms. The molecule has 0 saturated heterocycles. The van der Waals surface area contributed by atoms with Crippen LogP contribution in [0.15, 0.2) is 72.8 Å². The Bertz CT molecular complexity index is 1460. The summed E-state index contributed by atoms with van der Waals surface area (Å²) >= 11 is 0. The summed E-state index contributed by atoms with van der Waals surface area (Å²) in [6, 6.07) is 21.2. The molecule has 4 rings (SSSR count). The predicted molar refractivity (Wildman–Crippen MR) is 137 cm³/mol. The zero-order valence-corrected chi connectivity index (χ0v) is 20.1. The molecule has 2 amide bonds. The van der Waals surface area contributed by atoms with Crippen molar-refractivity contribution in [3.05, 3.63) is 117 Å². The maximum Gasteiger partial charge on any atom is 0.312 e. The molecule has 4 aromatic rings. The van der Waals surface area contributed by atoms with Gasteiger partial charge in [-0.2, -0.15) is 5.10 Å². The molecule has 0 aliphatic carbocycles. The van der Waals surface area contributed by atoms with Crippen LogP contribution in [0.4, 0.5) is 17.1 Å². The molecule has 0 spiro atoms. The van der Waals surface area contributed by atoms with Crippen LogP contribution in [0, 0.1) is 30.9 Å². The number of nitro groups is 1. The number of nitrogens with one attached hydrogen (secondary N) is 2. The van der Waals surface area contributed by atoms with E-state index in [2.05, 4.69) is 15.7 Å². The summed E-state index contributed by atoms with van der Waals surface area (Å²) in [6.07, 6.45) is 0. The van der Waals surface area contributed by atoms with Crippen molar-refractivity contribution in [1.29, 1.82) is 0 Å². The van der Waals surface area contributed by atoms with Gasteiger partial charge in [0.05, 0.1) is 22.7 Å². The number of carbonyl (C=O) groups is 2. The third kappa shape index (κ3) is 5.30. The van der Waals surface area contributed by atoms with Gasteiger partial charge in [-0.1, -0.05) is 36.4 Å². The van der Waals surface area contributed by atoms with Gasteiger partial charge in [0.1, 0.15) is 11.4 Å². The second-order valence-electron chi connectivity index (χ2n) is 8.45. The number of aromatic nitrogens is 2. The summed E-state index contributed by atoms with van der Waals surface area (Å²) in [4.78, 5) is 36.6. The summed E-state index contributed by atoms with van der Waals surface area (Å²) in [5.41, 5.74) is 4.52. The monoisotopic (exact) mass is 483 g/mol. The van der Waals surface area contributed by atoms with E-state index >= 15 is 0 Å². The predicted octanol–water partition coefficient (Wildman–Crippen LogP) is 5.27. The highest BCUT2D eigenvalue weighted by Gasteiger charge is 2.22. The van der Waals surface area contributed by atoms with E-state index in [9.17, 15) is 19.7 Å². The van der Waals surface area contributed by atoms with Crippen LogP contribution in [0.3, 0.4) is 0 Å². The van der Waals surface area contributed by atoms with E-state index in [0.717, 1.165) is 11.1 Å². The van der Waals surface area contributed by atoms with E-state index in [4.69, 9.17) is 0 Å². The molecular formula is C27H25N5O4. The van der Waals surface area contributed by atoms with Gasteiger partial charge >= 0.3 is 5.69 Å². The fourth-order valence-corrected chi connectivity index (χ4v) is 3.95. The number of hydrogen-bond donors (Lipinski definition) is 2. The molecule has 0 saturated carbocycles. The van der Waals surface area contributed by atoms with Crippen molar-refractivity contribution < 1.29 is 14.5 Å². The van der Waals surface area contributed by atoms with Gasteiger partial charge in [0, 0.05) is 11.3 Å². The maximum atomic E-state index is 12.9. The zero-order chi connectivity index (χ0) is 25.8. The molecule has 0 aliphatic rings. The van der Waals surface area contributed by atoms with Gasteiger partial charge in [-0.05, 0) is 68.3 Å². The molecule has 2 N–H and O–H groups in total. The first-order valence-electron chi connectivity index (χ1n) is 11.3. The van der Waals surface area contributed by atoms with Gasteiger partial charge in [-0.15, -0.1) is 0 Å². The Balaban J connectivity index is 1.47. The molecule has 3 aromatic carbocycles. The highest BCUT2D eigenvalue weighted by Crippen LogP contribution is 2.23. The van der Waals surface area contributed by atoms with Crippen LogP contribution < -0.4 is 10.6 Å². The highest BCUT2D eigenvalue weighted by atomic mass is 16.6. The summed E-state index contributed by atoms with van der Waals surface area (Å²) in [7, 11) is 0. The van der Waals surface area contributed by atoms with Crippen LogP contribution in [0.25, 0.3) is 0 Å². The number of anilines is 2. The Kier molecular flexibility index (Phi) is 6.91. The fourth-order valence-electron chi connectivity index (χ4n) is 3.95. The molecule has 0 radical (unpaired) electrons. The van der Waals surface area contributed by atoms with E-state index < -0.39 is 4.92 Å². The van der Waals surface area contributed by atoms with Gasteiger partial charge in [-0.3, -0.25) is 24.4 Å². The number of rotatable bonds is 7. The molecule has 1 aromatic heterocycles.